The molecule has 1 aromatic carbocycles. The zero-order chi connectivity index (χ0) is 24.0. The van der Waals surface area contributed by atoms with Crippen LogP contribution in [0.4, 0.5) is 10.7 Å². The number of H-pyrrole nitrogens is 1. The number of fused-ring (bicyclic) bond motifs is 1. The molecule has 0 saturated heterocycles. The molecule has 3 aromatic rings. The van der Waals surface area contributed by atoms with Gasteiger partial charge in [-0.3, -0.25) is 19.2 Å². The number of benzene rings is 1. The Morgan fingerprint density at radius 3 is 2.67 bits per heavy atom. The molecule has 0 fully saturated rings. The van der Waals surface area contributed by atoms with Gasteiger partial charge in [0.1, 0.15) is 19.4 Å². The standard InChI is InChI=1S/C21H26N6O6/c1-13(2)16(19(29)30)27(21(31)33-10-14-6-4-3-5-7-14)8-9-32-12-26-11-23-15-17(26)24-20(22)25-18(15)28/h3-7,11,13,16H,8-10,12H2,1-2H3,(H,29,30)(H3,22,24,25,28)/t16-/m0/s1. The summed E-state index contributed by atoms with van der Waals surface area (Å²) in [4.78, 5) is 48.0. The average Bonchev–Trinajstić information content (AvgIpc) is 3.17. The number of amides is 1. The van der Waals surface area contributed by atoms with Crippen LogP contribution in [-0.2, 0) is 27.6 Å². The summed E-state index contributed by atoms with van der Waals surface area (Å²) < 4.78 is 12.4. The van der Waals surface area contributed by atoms with E-state index in [4.69, 9.17) is 15.2 Å². The first kappa shape index (κ1) is 23.7. The Labute approximate surface area is 189 Å². The fourth-order valence-corrected chi connectivity index (χ4v) is 3.32. The first-order chi connectivity index (χ1) is 15.8. The highest BCUT2D eigenvalue weighted by molar-refractivity contribution is 5.80. The van der Waals surface area contributed by atoms with E-state index in [0.29, 0.717) is 0 Å². The summed E-state index contributed by atoms with van der Waals surface area (Å²) in [6, 6.07) is 8.00. The number of carbonyl (C=O) groups is 2. The first-order valence-corrected chi connectivity index (χ1v) is 10.3. The normalized spacial score (nSPS) is 12.1. The number of anilines is 1. The van der Waals surface area contributed by atoms with E-state index in [0.717, 1.165) is 10.5 Å². The van der Waals surface area contributed by atoms with Crippen LogP contribution in [-0.4, -0.2) is 60.8 Å². The van der Waals surface area contributed by atoms with Crippen LogP contribution < -0.4 is 11.3 Å². The van der Waals surface area contributed by atoms with Gasteiger partial charge in [-0.25, -0.2) is 14.6 Å². The molecular formula is C21H26N6O6. The second kappa shape index (κ2) is 10.6. The molecule has 12 nitrogen and oxygen atoms in total. The molecule has 1 atom stereocenters. The minimum Gasteiger partial charge on any atom is -0.480 e. The number of nitrogens with two attached hydrogens (primary N) is 1. The van der Waals surface area contributed by atoms with Gasteiger partial charge in [0.2, 0.25) is 5.95 Å². The molecule has 33 heavy (non-hydrogen) atoms. The third kappa shape index (κ3) is 5.86. The van der Waals surface area contributed by atoms with Crippen molar-refractivity contribution < 1.29 is 24.2 Å². The smallest absolute Gasteiger partial charge is 0.410 e. The Kier molecular flexibility index (Phi) is 7.61. The Bertz CT molecular complexity index is 1160. The quantitative estimate of drug-likeness (QED) is 0.381. The number of carboxylic acid groups (broad SMARTS) is 1. The number of imidazole rings is 1. The highest BCUT2D eigenvalue weighted by Crippen LogP contribution is 2.14. The molecule has 0 bridgehead atoms. The van der Waals surface area contributed by atoms with Crippen LogP contribution in [0.15, 0.2) is 41.5 Å². The maximum Gasteiger partial charge on any atom is 0.410 e. The van der Waals surface area contributed by atoms with Gasteiger partial charge in [0.05, 0.1) is 12.9 Å². The maximum atomic E-state index is 12.7. The lowest BCUT2D eigenvalue weighted by atomic mass is 10.0. The summed E-state index contributed by atoms with van der Waals surface area (Å²) in [6.45, 7) is 3.40. The summed E-state index contributed by atoms with van der Waals surface area (Å²) in [5, 5.41) is 9.67. The van der Waals surface area contributed by atoms with Crippen LogP contribution in [0.5, 0.6) is 0 Å². The topological polar surface area (TPSA) is 166 Å². The zero-order valence-corrected chi connectivity index (χ0v) is 18.3. The lowest BCUT2D eigenvalue weighted by molar-refractivity contribution is -0.144. The molecule has 12 heteroatoms. The number of hydrogen-bond donors (Lipinski definition) is 3. The summed E-state index contributed by atoms with van der Waals surface area (Å²) in [5.41, 5.74) is 6.26. The lowest BCUT2D eigenvalue weighted by Gasteiger charge is -2.30. The van der Waals surface area contributed by atoms with Gasteiger partial charge in [0.15, 0.2) is 11.2 Å². The highest BCUT2D eigenvalue weighted by Gasteiger charge is 2.33. The molecule has 176 valence electrons. The van der Waals surface area contributed by atoms with Crippen LogP contribution in [0.2, 0.25) is 0 Å². The van der Waals surface area contributed by atoms with Crippen LogP contribution in [0.3, 0.4) is 0 Å². The van der Waals surface area contributed by atoms with E-state index >= 15 is 0 Å². The fourth-order valence-electron chi connectivity index (χ4n) is 3.32. The number of nitrogens with zero attached hydrogens (tertiary/aromatic N) is 4. The molecule has 4 N–H and O–H groups in total. The number of carbonyl (C=O) groups excluding carboxylic acids is 1. The molecule has 1 amide bonds. The molecule has 0 aliphatic carbocycles. The third-order valence-electron chi connectivity index (χ3n) is 4.86. The van der Waals surface area contributed by atoms with Crippen LogP contribution in [0.1, 0.15) is 19.4 Å². The Hall–Kier alpha value is -3.93. The molecule has 0 radical (unpaired) electrons. The van der Waals surface area contributed by atoms with Gasteiger partial charge in [0.25, 0.3) is 5.56 Å². The molecule has 0 saturated carbocycles. The summed E-state index contributed by atoms with van der Waals surface area (Å²) in [7, 11) is 0. The van der Waals surface area contributed by atoms with Crippen LogP contribution in [0, 0.1) is 5.92 Å². The van der Waals surface area contributed by atoms with E-state index in [1.54, 1.807) is 26.0 Å². The van der Waals surface area contributed by atoms with Crippen molar-refractivity contribution in [1.29, 1.82) is 0 Å². The van der Waals surface area contributed by atoms with Crippen molar-refractivity contribution in [3.05, 3.63) is 52.6 Å². The van der Waals surface area contributed by atoms with Crippen molar-refractivity contribution in [3.8, 4) is 0 Å². The number of carboxylic acids is 1. The molecule has 0 aliphatic heterocycles. The number of nitrogens with one attached hydrogen (secondary N) is 1. The molecule has 0 aliphatic rings. The SMILES string of the molecule is CC(C)[C@@H](C(=O)O)N(CCOCn1cnc2c(=O)[nH]c(N)nc21)C(=O)OCc1ccccc1. The van der Waals surface area contributed by atoms with Crippen molar-refractivity contribution >= 4 is 29.2 Å². The van der Waals surface area contributed by atoms with E-state index < -0.39 is 23.7 Å². The van der Waals surface area contributed by atoms with Crippen LogP contribution in [0.25, 0.3) is 11.2 Å². The Morgan fingerprint density at radius 2 is 2.00 bits per heavy atom. The minimum atomic E-state index is -1.14. The minimum absolute atomic E-state index is 0.00921. The zero-order valence-electron chi connectivity index (χ0n) is 18.3. The monoisotopic (exact) mass is 458 g/mol. The van der Waals surface area contributed by atoms with Crippen molar-refractivity contribution in [2.24, 2.45) is 5.92 Å². The van der Waals surface area contributed by atoms with Crippen LogP contribution >= 0.6 is 0 Å². The molecule has 3 rings (SSSR count). The Morgan fingerprint density at radius 1 is 1.27 bits per heavy atom. The van der Waals surface area contributed by atoms with Gasteiger partial charge in [-0.15, -0.1) is 0 Å². The van der Waals surface area contributed by atoms with E-state index in [9.17, 15) is 19.5 Å². The van der Waals surface area contributed by atoms with Gasteiger partial charge < -0.3 is 20.3 Å². The molecule has 0 unspecified atom stereocenters. The first-order valence-electron chi connectivity index (χ1n) is 10.3. The second-order valence-corrected chi connectivity index (χ2v) is 7.64. The summed E-state index contributed by atoms with van der Waals surface area (Å²) in [5.74, 6) is -1.55. The number of rotatable bonds is 10. The van der Waals surface area contributed by atoms with Gasteiger partial charge in [-0.2, -0.15) is 4.98 Å². The predicted octanol–water partition coefficient (Wildman–Crippen LogP) is 1.42. The highest BCUT2D eigenvalue weighted by atomic mass is 16.6. The van der Waals surface area contributed by atoms with Gasteiger partial charge >= 0.3 is 12.1 Å². The Balaban J connectivity index is 1.65. The number of nitrogen functional groups attached to an aromatic ring is 1. The average molecular weight is 458 g/mol. The number of hydrogen-bond acceptors (Lipinski definition) is 8. The number of aromatic nitrogens is 4. The number of aliphatic carboxylic acids is 1. The van der Waals surface area contributed by atoms with Gasteiger partial charge in [0, 0.05) is 6.54 Å². The van der Waals surface area contributed by atoms with Crippen molar-refractivity contribution in [2.75, 3.05) is 18.9 Å². The largest absolute Gasteiger partial charge is 0.480 e. The molecule has 0 spiro atoms. The fraction of sp³-hybridized carbons (Fsp3) is 0.381. The molecule has 2 heterocycles. The van der Waals surface area contributed by atoms with E-state index in [1.807, 2.05) is 18.2 Å². The molecular weight excluding hydrogens is 432 g/mol. The van der Waals surface area contributed by atoms with Gasteiger partial charge in [-0.1, -0.05) is 44.2 Å². The van der Waals surface area contributed by atoms with Gasteiger partial charge in [-0.05, 0) is 11.5 Å². The summed E-state index contributed by atoms with van der Waals surface area (Å²) >= 11 is 0. The van der Waals surface area contributed by atoms with E-state index in [2.05, 4.69) is 15.0 Å². The third-order valence-corrected chi connectivity index (χ3v) is 4.86. The number of aromatic amines is 1. The molecule has 2 aromatic heterocycles. The van der Waals surface area contributed by atoms with E-state index in [1.165, 1.54) is 10.9 Å². The van der Waals surface area contributed by atoms with Crippen molar-refractivity contribution in [1.82, 2.24) is 24.4 Å². The maximum absolute atomic E-state index is 12.7. The number of ether oxygens (including phenoxy) is 2. The van der Waals surface area contributed by atoms with E-state index in [-0.39, 0.29) is 49.5 Å². The second-order valence-electron chi connectivity index (χ2n) is 7.64. The summed E-state index contributed by atoms with van der Waals surface area (Å²) in [6.07, 6.45) is 0.629. The lowest BCUT2D eigenvalue weighted by Crippen LogP contribution is -2.49. The van der Waals surface area contributed by atoms with Crippen molar-refractivity contribution in [3.63, 3.8) is 0 Å². The van der Waals surface area contributed by atoms with Crippen molar-refractivity contribution in [2.45, 2.75) is 33.2 Å². The predicted molar refractivity (Wildman–Crippen MR) is 118 cm³/mol.